The highest BCUT2D eigenvalue weighted by molar-refractivity contribution is 5.52. The average Bonchev–Trinajstić information content (AvgIpc) is 2.21. The number of aryl methyl sites for hydroxylation is 1. The molecule has 0 saturated heterocycles. The third kappa shape index (κ3) is 4.09. The van der Waals surface area contributed by atoms with Gasteiger partial charge in [0.25, 0.3) is 0 Å². The van der Waals surface area contributed by atoms with Crippen LogP contribution in [-0.4, -0.2) is 11.0 Å². The van der Waals surface area contributed by atoms with Crippen molar-refractivity contribution in [3.05, 3.63) is 47.8 Å². The van der Waals surface area contributed by atoms with Gasteiger partial charge in [-0.3, -0.25) is 4.98 Å². The highest BCUT2D eigenvalue weighted by atomic mass is 14.6. The molecule has 1 aromatic heterocycles. The van der Waals surface area contributed by atoms with Crippen LogP contribution in [0.4, 0.5) is 0 Å². The molecule has 1 aromatic rings. The van der Waals surface area contributed by atoms with E-state index in [-0.39, 0.29) is 6.04 Å². The van der Waals surface area contributed by atoms with E-state index in [2.05, 4.69) is 24.1 Å². The Labute approximate surface area is 91.5 Å². The Morgan fingerprint density at radius 1 is 1.53 bits per heavy atom. The first-order chi connectivity index (χ1) is 7.24. The van der Waals surface area contributed by atoms with E-state index >= 15 is 0 Å². The second-order valence-electron chi connectivity index (χ2n) is 3.56. The van der Waals surface area contributed by atoms with Crippen LogP contribution in [0.25, 0.3) is 6.08 Å². The summed E-state index contributed by atoms with van der Waals surface area (Å²) in [6, 6.07) is 2.13. The molecule has 1 heterocycles. The summed E-state index contributed by atoms with van der Waals surface area (Å²) in [4.78, 5) is 4.05. The fourth-order valence-electron chi connectivity index (χ4n) is 1.35. The van der Waals surface area contributed by atoms with Crippen molar-refractivity contribution in [1.82, 2.24) is 4.98 Å². The van der Waals surface area contributed by atoms with Gasteiger partial charge in [0.2, 0.25) is 0 Å². The first kappa shape index (κ1) is 11.7. The lowest BCUT2D eigenvalue weighted by Gasteiger charge is -2.01. The first-order valence-electron chi connectivity index (χ1n) is 5.19. The van der Waals surface area contributed by atoms with Gasteiger partial charge in [0.1, 0.15) is 0 Å². The van der Waals surface area contributed by atoms with Crippen molar-refractivity contribution in [2.75, 3.05) is 0 Å². The van der Waals surface area contributed by atoms with Gasteiger partial charge < -0.3 is 5.73 Å². The predicted molar refractivity (Wildman–Crippen MR) is 65.4 cm³/mol. The average molecular weight is 202 g/mol. The van der Waals surface area contributed by atoms with Gasteiger partial charge in [-0.05, 0) is 37.5 Å². The molecule has 0 aliphatic rings. The Morgan fingerprint density at radius 3 is 3.00 bits per heavy atom. The number of hydrogen-bond donors (Lipinski definition) is 1. The lowest BCUT2D eigenvalue weighted by Crippen LogP contribution is -2.14. The van der Waals surface area contributed by atoms with Crippen molar-refractivity contribution in [3.8, 4) is 0 Å². The second kappa shape index (κ2) is 6.14. The van der Waals surface area contributed by atoms with Crippen molar-refractivity contribution in [1.29, 1.82) is 0 Å². The molecule has 1 atom stereocenters. The number of pyridine rings is 1. The number of nitrogens with two attached hydrogens (primary N) is 1. The molecule has 15 heavy (non-hydrogen) atoms. The highest BCUT2D eigenvalue weighted by Gasteiger charge is 1.94. The smallest absolute Gasteiger partial charge is 0.0303 e. The van der Waals surface area contributed by atoms with Crippen LogP contribution >= 0.6 is 0 Å². The molecular weight excluding hydrogens is 184 g/mol. The quantitative estimate of drug-likeness (QED) is 0.762. The maximum atomic E-state index is 5.84. The minimum Gasteiger partial charge on any atom is -0.324 e. The maximum Gasteiger partial charge on any atom is 0.0303 e. The van der Waals surface area contributed by atoms with E-state index in [1.54, 1.807) is 6.20 Å². The normalized spacial score (nSPS) is 13.8. The van der Waals surface area contributed by atoms with E-state index in [0.29, 0.717) is 0 Å². The summed E-state index contributed by atoms with van der Waals surface area (Å²) < 4.78 is 0. The van der Waals surface area contributed by atoms with Gasteiger partial charge in [0.05, 0.1) is 0 Å². The number of aromatic nitrogens is 1. The largest absolute Gasteiger partial charge is 0.324 e. The molecule has 80 valence electrons. The lowest BCUT2D eigenvalue weighted by molar-refractivity contribution is 0.835. The summed E-state index contributed by atoms with van der Waals surface area (Å²) >= 11 is 0. The van der Waals surface area contributed by atoms with Gasteiger partial charge in [-0.1, -0.05) is 24.3 Å². The van der Waals surface area contributed by atoms with E-state index in [4.69, 9.17) is 5.73 Å². The standard InChI is InChI=1S/C13H18N2/c1-3-5-13(14)7-4-6-12-8-9-15-10-11(12)2/h3-6,8-10,13H,7,14H2,1-2H3/b5-3-,6-4+. The van der Waals surface area contributed by atoms with E-state index in [9.17, 15) is 0 Å². The van der Waals surface area contributed by atoms with E-state index in [1.165, 1.54) is 11.1 Å². The number of rotatable bonds is 4. The Balaban J connectivity index is 2.55. The summed E-state index contributed by atoms with van der Waals surface area (Å²) in [5.41, 5.74) is 8.23. The summed E-state index contributed by atoms with van der Waals surface area (Å²) in [6.07, 6.45) is 12.7. The third-order valence-corrected chi connectivity index (χ3v) is 2.21. The van der Waals surface area contributed by atoms with Crippen LogP contribution in [0.2, 0.25) is 0 Å². The highest BCUT2D eigenvalue weighted by Crippen LogP contribution is 2.08. The molecular formula is C13H18N2. The van der Waals surface area contributed by atoms with Crippen molar-refractivity contribution in [3.63, 3.8) is 0 Å². The minimum absolute atomic E-state index is 0.119. The van der Waals surface area contributed by atoms with Gasteiger partial charge in [0, 0.05) is 18.4 Å². The Morgan fingerprint density at radius 2 is 2.33 bits per heavy atom. The van der Waals surface area contributed by atoms with Crippen molar-refractivity contribution < 1.29 is 0 Å². The zero-order valence-electron chi connectivity index (χ0n) is 9.35. The van der Waals surface area contributed by atoms with Crippen molar-refractivity contribution in [2.45, 2.75) is 26.3 Å². The molecule has 0 amide bonds. The Kier molecular flexibility index (Phi) is 4.78. The molecule has 2 nitrogen and oxygen atoms in total. The van der Waals surface area contributed by atoms with E-state index in [0.717, 1.165) is 6.42 Å². The summed E-state index contributed by atoms with van der Waals surface area (Å²) in [5, 5.41) is 0. The van der Waals surface area contributed by atoms with Gasteiger partial charge in [0.15, 0.2) is 0 Å². The van der Waals surface area contributed by atoms with Crippen LogP contribution in [-0.2, 0) is 0 Å². The monoisotopic (exact) mass is 202 g/mol. The molecule has 0 spiro atoms. The van der Waals surface area contributed by atoms with E-state index in [1.807, 2.05) is 31.3 Å². The molecule has 2 heteroatoms. The van der Waals surface area contributed by atoms with Gasteiger partial charge in [-0.2, -0.15) is 0 Å². The van der Waals surface area contributed by atoms with Crippen LogP contribution in [0.1, 0.15) is 24.5 Å². The van der Waals surface area contributed by atoms with Gasteiger partial charge in [-0.15, -0.1) is 0 Å². The number of hydrogen-bond acceptors (Lipinski definition) is 2. The number of allylic oxidation sites excluding steroid dienone is 1. The second-order valence-corrected chi connectivity index (χ2v) is 3.56. The molecule has 0 radical (unpaired) electrons. The van der Waals surface area contributed by atoms with Crippen LogP contribution in [0.5, 0.6) is 0 Å². The number of nitrogens with zero attached hydrogens (tertiary/aromatic N) is 1. The SMILES string of the molecule is C/C=C\C(N)C/C=C/c1ccncc1C. The molecule has 2 N–H and O–H groups in total. The fraction of sp³-hybridized carbons (Fsp3) is 0.308. The third-order valence-electron chi connectivity index (χ3n) is 2.21. The van der Waals surface area contributed by atoms with Crippen LogP contribution in [0, 0.1) is 6.92 Å². The molecule has 1 rings (SSSR count). The van der Waals surface area contributed by atoms with Crippen molar-refractivity contribution >= 4 is 6.08 Å². The molecule has 0 bridgehead atoms. The molecule has 0 fully saturated rings. The molecule has 1 unspecified atom stereocenters. The molecule has 0 aliphatic carbocycles. The first-order valence-corrected chi connectivity index (χ1v) is 5.19. The lowest BCUT2D eigenvalue weighted by atomic mass is 10.1. The molecule has 0 aliphatic heterocycles. The van der Waals surface area contributed by atoms with Crippen LogP contribution in [0.3, 0.4) is 0 Å². The summed E-state index contributed by atoms with van der Waals surface area (Å²) in [7, 11) is 0. The van der Waals surface area contributed by atoms with Crippen LogP contribution < -0.4 is 5.73 Å². The Hall–Kier alpha value is -1.41. The van der Waals surface area contributed by atoms with Crippen molar-refractivity contribution in [2.24, 2.45) is 5.73 Å². The zero-order valence-corrected chi connectivity index (χ0v) is 9.35. The molecule has 0 saturated carbocycles. The summed E-state index contributed by atoms with van der Waals surface area (Å²) in [5.74, 6) is 0. The van der Waals surface area contributed by atoms with Gasteiger partial charge >= 0.3 is 0 Å². The minimum atomic E-state index is 0.119. The maximum absolute atomic E-state index is 5.84. The fourth-order valence-corrected chi connectivity index (χ4v) is 1.35. The summed E-state index contributed by atoms with van der Waals surface area (Å²) in [6.45, 7) is 4.04. The predicted octanol–water partition coefficient (Wildman–Crippen LogP) is 2.70. The Bertz CT molecular complexity index is 353. The van der Waals surface area contributed by atoms with E-state index < -0.39 is 0 Å². The molecule has 0 aromatic carbocycles. The van der Waals surface area contributed by atoms with Crippen LogP contribution in [0.15, 0.2) is 36.7 Å². The zero-order chi connectivity index (χ0) is 11.1. The van der Waals surface area contributed by atoms with Gasteiger partial charge in [-0.25, -0.2) is 0 Å². The topological polar surface area (TPSA) is 38.9 Å².